The van der Waals surface area contributed by atoms with Gasteiger partial charge in [-0.1, -0.05) is 24.3 Å². The first-order chi connectivity index (χ1) is 6.40. The van der Waals surface area contributed by atoms with E-state index in [0.29, 0.717) is 0 Å². The highest BCUT2D eigenvalue weighted by atomic mass is 16.0. The van der Waals surface area contributed by atoms with Crippen LogP contribution < -0.4 is 5.84 Å². The number of pyridine rings is 1. The Labute approximate surface area is 81.4 Å². The molecule has 1 aromatic heterocycles. The molecule has 2 rings (SSSR count). The summed E-state index contributed by atoms with van der Waals surface area (Å²) < 4.78 is 0. The molecule has 0 aliphatic carbocycles. The van der Waals surface area contributed by atoms with Crippen molar-refractivity contribution in [2.24, 2.45) is 10.9 Å². The molecule has 1 aromatic carbocycles. The van der Waals surface area contributed by atoms with Gasteiger partial charge in [-0.2, -0.15) is 5.10 Å². The standard InChI is InChI=1S/C10H9N3.H2O/c11-12-7-9-6-5-8-3-1-2-4-10(8)13-9;/h1-7H,11H2;1H2/b12-7-;. The maximum absolute atomic E-state index is 5.03. The number of rotatable bonds is 1. The average Bonchev–Trinajstić information content (AvgIpc) is 2.18. The summed E-state index contributed by atoms with van der Waals surface area (Å²) in [5.74, 6) is 5.03. The Kier molecular flexibility index (Phi) is 3.14. The minimum absolute atomic E-state index is 0. The van der Waals surface area contributed by atoms with Crippen molar-refractivity contribution in [3.8, 4) is 0 Å². The highest BCUT2D eigenvalue weighted by Gasteiger charge is 1.93. The fraction of sp³-hybridized carbons (Fsp3) is 0. The molecule has 0 amide bonds. The van der Waals surface area contributed by atoms with E-state index in [1.54, 1.807) is 0 Å². The molecule has 0 saturated heterocycles. The van der Waals surface area contributed by atoms with Crippen molar-refractivity contribution in [1.29, 1.82) is 0 Å². The van der Waals surface area contributed by atoms with Crippen molar-refractivity contribution < 1.29 is 5.48 Å². The molecule has 2 aromatic rings. The summed E-state index contributed by atoms with van der Waals surface area (Å²) >= 11 is 0. The molecular weight excluding hydrogens is 178 g/mol. The van der Waals surface area contributed by atoms with Crippen LogP contribution in [0.5, 0.6) is 0 Å². The van der Waals surface area contributed by atoms with Crippen LogP contribution >= 0.6 is 0 Å². The maximum atomic E-state index is 5.03. The van der Waals surface area contributed by atoms with Crippen LogP contribution in [0.2, 0.25) is 0 Å². The normalized spacial score (nSPS) is 10.3. The largest absolute Gasteiger partial charge is 0.412 e. The van der Waals surface area contributed by atoms with E-state index in [1.807, 2.05) is 36.4 Å². The van der Waals surface area contributed by atoms with Crippen molar-refractivity contribution in [2.45, 2.75) is 0 Å². The first kappa shape index (κ1) is 10.1. The number of nitrogens with two attached hydrogens (primary N) is 1. The highest BCUT2D eigenvalue weighted by Crippen LogP contribution is 2.10. The number of aromatic nitrogens is 1. The van der Waals surface area contributed by atoms with Crippen molar-refractivity contribution in [3.05, 3.63) is 42.1 Å². The number of benzene rings is 1. The summed E-state index contributed by atoms with van der Waals surface area (Å²) in [7, 11) is 0. The Morgan fingerprint density at radius 3 is 2.71 bits per heavy atom. The first-order valence-corrected chi connectivity index (χ1v) is 3.99. The lowest BCUT2D eigenvalue weighted by molar-refractivity contribution is 0.824. The maximum Gasteiger partial charge on any atom is 0.0837 e. The number of hydrogen-bond donors (Lipinski definition) is 1. The highest BCUT2D eigenvalue weighted by molar-refractivity contribution is 5.84. The number of nitrogens with zero attached hydrogens (tertiary/aromatic N) is 2. The van der Waals surface area contributed by atoms with Crippen molar-refractivity contribution in [1.82, 2.24) is 4.98 Å². The van der Waals surface area contributed by atoms with Gasteiger partial charge in [0.05, 0.1) is 17.4 Å². The second-order valence-corrected chi connectivity index (χ2v) is 2.71. The summed E-state index contributed by atoms with van der Waals surface area (Å²) in [5, 5.41) is 4.55. The molecule has 0 unspecified atom stereocenters. The summed E-state index contributed by atoms with van der Waals surface area (Å²) in [6.45, 7) is 0. The van der Waals surface area contributed by atoms with Crippen LogP contribution in [-0.4, -0.2) is 16.7 Å². The molecule has 4 heteroatoms. The number of hydrogen-bond acceptors (Lipinski definition) is 3. The molecule has 4 N–H and O–H groups in total. The topological polar surface area (TPSA) is 82.8 Å². The third kappa shape index (κ3) is 1.86. The van der Waals surface area contributed by atoms with Gasteiger partial charge in [0.2, 0.25) is 0 Å². The Hall–Kier alpha value is -1.94. The molecule has 1 heterocycles. The minimum atomic E-state index is 0. The van der Waals surface area contributed by atoms with Gasteiger partial charge in [-0.05, 0) is 12.1 Å². The van der Waals surface area contributed by atoms with Crippen LogP contribution in [0.3, 0.4) is 0 Å². The molecule has 0 bridgehead atoms. The Morgan fingerprint density at radius 1 is 1.14 bits per heavy atom. The van der Waals surface area contributed by atoms with E-state index in [2.05, 4.69) is 10.1 Å². The average molecular weight is 189 g/mol. The molecule has 0 spiro atoms. The summed E-state index contributed by atoms with van der Waals surface area (Å²) in [6, 6.07) is 11.8. The summed E-state index contributed by atoms with van der Waals surface area (Å²) in [4.78, 5) is 4.34. The van der Waals surface area contributed by atoms with Crippen molar-refractivity contribution in [2.75, 3.05) is 0 Å². The van der Waals surface area contributed by atoms with Gasteiger partial charge in [0.1, 0.15) is 0 Å². The molecule has 0 aliphatic rings. The Balaban J connectivity index is 0.000000980. The van der Waals surface area contributed by atoms with Crippen LogP contribution in [0.15, 0.2) is 41.5 Å². The van der Waals surface area contributed by atoms with Crippen molar-refractivity contribution in [3.63, 3.8) is 0 Å². The van der Waals surface area contributed by atoms with E-state index >= 15 is 0 Å². The lowest BCUT2D eigenvalue weighted by atomic mass is 10.2. The van der Waals surface area contributed by atoms with E-state index in [0.717, 1.165) is 16.6 Å². The molecule has 0 aliphatic heterocycles. The number of fused-ring (bicyclic) bond motifs is 1. The van der Waals surface area contributed by atoms with Gasteiger partial charge in [0.15, 0.2) is 0 Å². The summed E-state index contributed by atoms with van der Waals surface area (Å²) in [6.07, 6.45) is 1.53. The molecule has 72 valence electrons. The fourth-order valence-corrected chi connectivity index (χ4v) is 1.23. The fourth-order valence-electron chi connectivity index (χ4n) is 1.23. The smallest absolute Gasteiger partial charge is 0.0837 e. The molecule has 0 atom stereocenters. The zero-order chi connectivity index (χ0) is 9.10. The Bertz CT molecular complexity index is 454. The lowest BCUT2D eigenvalue weighted by Gasteiger charge is -1.96. The predicted molar refractivity (Wildman–Crippen MR) is 57.1 cm³/mol. The quantitative estimate of drug-likeness (QED) is 0.407. The molecule has 0 radical (unpaired) electrons. The molecular formula is C10H11N3O. The van der Waals surface area contributed by atoms with E-state index in [9.17, 15) is 0 Å². The number of hydrazone groups is 1. The monoisotopic (exact) mass is 189 g/mol. The first-order valence-electron chi connectivity index (χ1n) is 3.99. The van der Waals surface area contributed by atoms with Crippen LogP contribution in [0, 0.1) is 0 Å². The molecule has 4 nitrogen and oxygen atoms in total. The zero-order valence-electron chi connectivity index (χ0n) is 7.51. The third-order valence-electron chi connectivity index (χ3n) is 1.83. The molecule has 0 fully saturated rings. The van der Waals surface area contributed by atoms with Gasteiger partial charge in [-0.15, -0.1) is 0 Å². The Morgan fingerprint density at radius 2 is 1.93 bits per heavy atom. The zero-order valence-corrected chi connectivity index (χ0v) is 7.51. The van der Waals surface area contributed by atoms with Gasteiger partial charge in [0, 0.05) is 5.39 Å². The van der Waals surface area contributed by atoms with E-state index in [-0.39, 0.29) is 5.48 Å². The van der Waals surface area contributed by atoms with Gasteiger partial charge < -0.3 is 11.3 Å². The van der Waals surface area contributed by atoms with E-state index < -0.39 is 0 Å². The van der Waals surface area contributed by atoms with Gasteiger partial charge >= 0.3 is 0 Å². The second-order valence-electron chi connectivity index (χ2n) is 2.71. The van der Waals surface area contributed by atoms with E-state index in [1.165, 1.54) is 6.21 Å². The van der Waals surface area contributed by atoms with E-state index in [4.69, 9.17) is 5.84 Å². The van der Waals surface area contributed by atoms with Gasteiger partial charge in [-0.25, -0.2) is 4.98 Å². The molecule has 14 heavy (non-hydrogen) atoms. The van der Waals surface area contributed by atoms with Crippen LogP contribution in [0.4, 0.5) is 0 Å². The van der Waals surface area contributed by atoms with Gasteiger partial charge in [0.25, 0.3) is 0 Å². The van der Waals surface area contributed by atoms with Crippen LogP contribution in [0.25, 0.3) is 10.9 Å². The molecule has 0 saturated carbocycles. The third-order valence-corrected chi connectivity index (χ3v) is 1.83. The minimum Gasteiger partial charge on any atom is -0.412 e. The van der Waals surface area contributed by atoms with Crippen LogP contribution in [0.1, 0.15) is 5.69 Å². The van der Waals surface area contributed by atoms with Crippen molar-refractivity contribution >= 4 is 17.1 Å². The second kappa shape index (κ2) is 4.34. The SMILES string of the molecule is N/N=C\c1ccc2ccccc2n1.O. The van der Waals surface area contributed by atoms with Crippen LogP contribution in [-0.2, 0) is 0 Å². The van der Waals surface area contributed by atoms with Gasteiger partial charge in [-0.3, -0.25) is 0 Å². The number of para-hydroxylation sites is 1. The lowest BCUT2D eigenvalue weighted by Crippen LogP contribution is -1.90. The summed E-state index contributed by atoms with van der Waals surface area (Å²) in [5.41, 5.74) is 1.74. The predicted octanol–water partition coefficient (Wildman–Crippen LogP) is 0.703.